The van der Waals surface area contributed by atoms with Crippen molar-refractivity contribution >= 4 is 65.0 Å². The van der Waals surface area contributed by atoms with E-state index in [9.17, 15) is 57.8 Å². The molecule has 0 aromatic heterocycles. The third-order valence-corrected chi connectivity index (χ3v) is 11.5. The zero-order chi connectivity index (χ0) is 53.5. The normalized spacial score (nSPS) is 16.5. The molecule has 71 heavy (non-hydrogen) atoms. The van der Waals surface area contributed by atoms with Crippen LogP contribution < -0.4 is 60.2 Å². The summed E-state index contributed by atoms with van der Waals surface area (Å²) in [4.78, 5) is 146. The van der Waals surface area contributed by atoms with Crippen LogP contribution in [0.4, 0.5) is 0 Å². The highest BCUT2D eigenvalue weighted by Gasteiger charge is 2.40. The number of phenols is 1. The van der Waals surface area contributed by atoms with Crippen LogP contribution in [0.15, 0.2) is 49.6 Å². The molecule has 0 saturated carbocycles. The Hall–Kier alpha value is -7.37. The van der Waals surface area contributed by atoms with E-state index in [0.717, 1.165) is 0 Å². The van der Waals surface area contributed by atoms with E-state index in [2.05, 4.69) is 50.4 Å². The maximum absolute atomic E-state index is 14.1. The summed E-state index contributed by atoms with van der Waals surface area (Å²) in [5, 5.41) is 27.4. The van der Waals surface area contributed by atoms with Gasteiger partial charge in [-0.15, -0.1) is 13.2 Å². The molecule has 11 amide bonds. The second-order valence-electron chi connectivity index (χ2n) is 17.9. The SMILES string of the molecule is C=CC[C@H](NC(=O)[C@H](CC(N)=O)NC(=O)[C@H](CCC(N)=O)NC(=O)[C@@H](NC(=O)[C@H](Cc1ccc(O)cc1)NC(=O)[C@@H](N)CC=C)[C@@H](C)CC)C(=O)N1CCC[C@H]1C(=O)N[C@@H](CC(C)C)C(=O)NCC(N)=O. The van der Waals surface area contributed by atoms with Gasteiger partial charge in [-0.3, -0.25) is 52.7 Å². The van der Waals surface area contributed by atoms with Crippen molar-refractivity contribution < 1.29 is 57.8 Å². The monoisotopic (exact) mass is 997 g/mol. The zero-order valence-corrected chi connectivity index (χ0v) is 40.8. The Morgan fingerprint density at radius 1 is 0.704 bits per heavy atom. The number of likely N-dealkylation sites (tertiary alicyclic amines) is 1. The summed E-state index contributed by atoms with van der Waals surface area (Å²) in [5.74, 6) is -10.0. The average Bonchev–Trinajstić information content (AvgIpc) is 3.80. The van der Waals surface area contributed by atoms with Crippen LogP contribution in [0, 0.1) is 11.8 Å². The lowest BCUT2D eigenvalue weighted by Crippen LogP contribution is -2.61. The molecule has 392 valence electrons. The first-order valence-corrected chi connectivity index (χ1v) is 23.4. The van der Waals surface area contributed by atoms with Gasteiger partial charge in [-0.1, -0.05) is 58.4 Å². The third kappa shape index (κ3) is 20.2. The smallest absolute Gasteiger partial charge is 0.246 e. The second kappa shape index (κ2) is 29.6. The number of phenolic OH excluding ortho intramolecular Hbond substituents is 1. The fraction of sp³-hybridized carbons (Fsp3) is 0.553. The maximum atomic E-state index is 14.1. The van der Waals surface area contributed by atoms with Crippen LogP contribution in [0.1, 0.15) is 91.0 Å². The molecule has 1 aromatic carbocycles. The predicted octanol–water partition coefficient (Wildman–Crippen LogP) is -2.85. The summed E-state index contributed by atoms with van der Waals surface area (Å²) in [7, 11) is 0. The Kier molecular flexibility index (Phi) is 24.9. The number of hydrogen-bond donors (Lipinski definition) is 12. The van der Waals surface area contributed by atoms with Crippen molar-refractivity contribution in [2.75, 3.05) is 13.1 Å². The van der Waals surface area contributed by atoms with Gasteiger partial charge < -0.3 is 70.2 Å². The van der Waals surface area contributed by atoms with Gasteiger partial charge in [0.05, 0.1) is 19.0 Å². The fourth-order valence-corrected chi connectivity index (χ4v) is 7.53. The van der Waals surface area contributed by atoms with Gasteiger partial charge in [0.15, 0.2) is 0 Å². The quantitative estimate of drug-likeness (QED) is 0.0334. The van der Waals surface area contributed by atoms with Crippen molar-refractivity contribution in [3.05, 3.63) is 55.1 Å². The highest BCUT2D eigenvalue weighted by atomic mass is 16.3. The molecule has 0 spiro atoms. The zero-order valence-electron chi connectivity index (χ0n) is 40.8. The molecule has 2 rings (SSSR count). The molecule has 9 atom stereocenters. The van der Waals surface area contributed by atoms with Crippen LogP contribution in [0.3, 0.4) is 0 Å². The number of rotatable bonds is 31. The number of carbonyl (C=O) groups excluding carboxylic acids is 11. The number of benzene rings is 1. The number of nitrogens with zero attached hydrogens (tertiary/aromatic N) is 1. The van der Waals surface area contributed by atoms with Gasteiger partial charge in [0.25, 0.3) is 0 Å². The van der Waals surface area contributed by atoms with Gasteiger partial charge in [-0.25, -0.2) is 0 Å². The molecule has 0 unspecified atom stereocenters. The topological polar surface area (TPSA) is 400 Å². The molecule has 1 aromatic rings. The van der Waals surface area contributed by atoms with E-state index in [1.165, 1.54) is 41.3 Å². The van der Waals surface area contributed by atoms with Crippen LogP contribution in [-0.2, 0) is 59.2 Å². The molecule has 1 saturated heterocycles. The van der Waals surface area contributed by atoms with E-state index in [1.54, 1.807) is 13.8 Å². The molecule has 1 aliphatic rings. The minimum atomic E-state index is -1.76. The molecule has 1 fully saturated rings. The summed E-state index contributed by atoms with van der Waals surface area (Å²) in [5.41, 5.74) is 22.6. The minimum Gasteiger partial charge on any atom is -0.508 e. The molecule has 16 N–H and O–H groups in total. The van der Waals surface area contributed by atoms with Crippen molar-refractivity contribution in [2.24, 2.45) is 34.8 Å². The van der Waals surface area contributed by atoms with Crippen molar-refractivity contribution in [1.29, 1.82) is 0 Å². The minimum absolute atomic E-state index is 0.0415. The Bertz CT molecular complexity index is 2100. The Balaban J connectivity index is 2.38. The Morgan fingerprint density at radius 3 is 1.85 bits per heavy atom. The van der Waals surface area contributed by atoms with Crippen molar-refractivity contribution in [3.63, 3.8) is 0 Å². The fourth-order valence-electron chi connectivity index (χ4n) is 7.53. The van der Waals surface area contributed by atoms with Crippen LogP contribution >= 0.6 is 0 Å². The van der Waals surface area contributed by atoms with Gasteiger partial charge >= 0.3 is 0 Å². The number of hydrogen-bond acceptors (Lipinski definition) is 13. The molecular formula is C47H72N12O12. The van der Waals surface area contributed by atoms with Crippen LogP contribution in [-0.4, -0.2) is 136 Å². The maximum Gasteiger partial charge on any atom is 0.246 e. The molecular weight excluding hydrogens is 925 g/mol. The van der Waals surface area contributed by atoms with E-state index < -0.39 is 145 Å². The van der Waals surface area contributed by atoms with Crippen LogP contribution in [0.25, 0.3) is 0 Å². The first kappa shape index (κ1) is 59.8. The number of nitrogens with one attached hydrogen (secondary N) is 7. The van der Waals surface area contributed by atoms with Crippen molar-refractivity contribution in [2.45, 2.75) is 140 Å². The van der Waals surface area contributed by atoms with E-state index >= 15 is 0 Å². The predicted molar refractivity (Wildman–Crippen MR) is 259 cm³/mol. The van der Waals surface area contributed by atoms with Gasteiger partial charge in [-0.2, -0.15) is 0 Å². The highest BCUT2D eigenvalue weighted by Crippen LogP contribution is 2.21. The number of amides is 11. The first-order chi connectivity index (χ1) is 33.4. The Labute approximate surface area is 413 Å². The Morgan fingerprint density at radius 2 is 1.28 bits per heavy atom. The molecule has 24 heteroatoms. The standard InChI is InChI=1S/C47H72N12O12/c1-7-11-29(48)40(64)55-33(22-27-14-16-28(60)17-15-27)44(68)58-39(26(6)9-3)46(70)53-30(18-19-36(49)61)42(66)56-34(23-37(50)62)43(67)54-31(12-8-2)47(71)59-20-10-13-35(59)45(69)57-32(21-25(4)5)41(65)52-24-38(51)63/h7-8,14-17,25-26,29-35,39,60H,1-2,9-13,18-24,48H2,3-6H3,(H2,49,61)(H2,50,62)(H2,51,63)(H,52,65)(H,53,70)(H,54,67)(H,55,64)(H,56,66)(H,57,69)(H,58,68)/t26-,29-,30-,31-,32-,33-,34-,35-,39-/m0/s1. The lowest BCUT2D eigenvalue weighted by Gasteiger charge is -2.31. The summed E-state index contributed by atoms with van der Waals surface area (Å²) in [6, 6.07) is -4.77. The molecule has 0 aliphatic carbocycles. The molecule has 24 nitrogen and oxygen atoms in total. The van der Waals surface area contributed by atoms with Crippen molar-refractivity contribution in [3.8, 4) is 5.75 Å². The third-order valence-electron chi connectivity index (χ3n) is 11.5. The van der Waals surface area contributed by atoms with Gasteiger partial charge in [-0.05, 0) is 68.1 Å². The lowest BCUT2D eigenvalue weighted by molar-refractivity contribution is -0.142. The van der Waals surface area contributed by atoms with Gasteiger partial charge in [0, 0.05) is 19.4 Å². The first-order valence-electron chi connectivity index (χ1n) is 23.4. The molecule has 1 heterocycles. The average molecular weight is 997 g/mol. The largest absolute Gasteiger partial charge is 0.508 e. The number of aromatic hydroxyl groups is 1. The lowest BCUT2D eigenvalue weighted by atomic mass is 9.96. The van der Waals surface area contributed by atoms with Crippen LogP contribution in [0.2, 0.25) is 0 Å². The van der Waals surface area contributed by atoms with Gasteiger partial charge in [0.1, 0.15) is 48.0 Å². The highest BCUT2D eigenvalue weighted by molar-refractivity contribution is 5.99. The summed E-state index contributed by atoms with van der Waals surface area (Å²) in [6.45, 7) is 13.9. The second-order valence-corrected chi connectivity index (χ2v) is 17.9. The summed E-state index contributed by atoms with van der Waals surface area (Å²) < 4.78 is 0. The number of primary amides is 3. The molecule has 0 radical (unpaired) electrons. The van der Waals surface area contributed by atoms with Crippen LogP contribution in [0.5, 0.6) is 5.75 Å². The van der Waals surface area contributed by atoms with E-state index in [-0.39, 0.29) is 50.3 Å². The van der Waals surface area contributed by atoms with Gasteiger partial charge in [0.2, 0.25) is 65.0 Å². The molecule has 0 bridgehead atoms. The van der Waals surface area contributed by atoms with E-state index in [0.29, 0.717) is 18.4 Å². The summed E-state index contributed by atoms with van der Waals surface area (Å²) in [6.07, 6.45) is 1.99. The molecule has 1 aliphatic heterocycles. The van der Waals surface area contributed by atoms with E-state index in [1.807, 2.05) is 13.8 Å². The number of nitrogens with two attached hydrogens (primary N) is 4. The summed E-state index contributed by atoms with van der Waals surface area (Å²) >= 11 is 0. The number of carbonyl (C=O) groups is 11. The van der Waals surface area contributed by atoms with E-state index in [4.69, 9.17) is 22.9 Å². The van der Waals surface area contributed by atoms with Crippen molar-refractivity contribution in [1.82, 2.24) is 42.1 Å².